The fraction of sp³-hybridized carbons (Fsp3) is 0.615. The van der Waals surface area contributed by atoms with E-state index in [2.05, 4.69) is 39.8 Å². The van der Waals surface area contributed by atoms with Crippen molar-refractivity contribution in [3.63, 3.8) is 0 Å². The Morgan fingerprint density at radius 2 is 1.65 bits per heavy atom. The summed E-state index contributed by atoms with van der Waals surface area (Å²) in [5, 5.41) is 17.9. The predicted octanol–water partition coefficient (Wildman–Crippen LogP) is 5.72. The Kier molecular flexibility index (Phi) is 12.1. The van der Waals surface area contributed by atoms with Gasteiger partial charge >= 0.3 is 6.09 Å². The van der Waals surface area contributed by atoms with Crippen molar-refractivity contribution >= 4 is 12.0 Å². The van der Waals surface area contributed by atoms with Crippen LogP contribution in [0.15, 0.2) is 28.8 Å². The minimum Gasteiger partial charge on any atom is -0.465 e. The first-order chi connectivity index (χ1) is 16.4. The summed E-state index contributed by atoms with van der Waals surface area (Å²) in [7, 11) is 0. The van der Waals surface area contributed by atoms with Crippen molar-refractivity contribution in [1.82, 2.24) is 20.8 Å². The maximum Gasteiger partial charge on any atom is 0.405 e. The Balaban J connectivity index is 1.77. The number of nitrogens with one attached hydrogen (secondary N) is 2. The van der Waals surface area contributed by atoms with Crippen molar-refractivity contribution in [2.75, 3.05) is 0 Å². The molecule has 0 radical (unpaired) electrons. The molecular formula is C26H40N4O4. The molecule has 0 aliphatic carbocycles. The molecule has 0 unspecified atom stereocenters. The van der Waals surface area contributed by atoms with E-state index < -0.39 is 18.0 Å². The summed E-state index contributed by atoms with van der Waals surface area (Å²) < 4.78 is 5.26. The van der Waals surface area contributed by atoms with E-state index in [1.54, 1.807) is 0 Å². The number of aromatic nitrogens is 2. The molecule has 3 N–H and O–H groups in total. The second kappa shape index (κ2) is 15.1. The van der Waals surface area contributed by atoms with Gasteiger partial charge in [0.25, 0.3) is 0 Å². The molecule has 0 saturated carbocycles. The zero-order valence-electron chi connectivity index (χ0n) is 20.8. The van der Waals surface area contributed by atoms with Crippen LogP contribution in [-0.2, 0) is 17.8 Å². The minimum absolute atomic E-state index is 0.0399. The van der Waals surface area contributed by atoms with Gasteiger partial charge in [-0.3, -0.25) is 4.79 Å². The molecule has 0 saturated heterocycles. The highest BCUT2D eigenvalue weighted by atomic mass is 16.5. The Hall–Kier alpha value is -2.90. The lowest BCUT2D eigenvalue weighted by atomic mass is 10.0. The van der Waals surface area contributed by atoms with Gasteiger partial charge in [-0.05, 0) is 30.7 Å². The average molecular weight is 473 g/mol. The molecule has 2 rings (SSSR count). The lowest BCUT2D eigenvalue weighted by molar-refractivity contribution is -0.123. The number of amides is 2. The number of carbonyl (C=O) groups is 2. The van der Waals surface area contributed by atoms with Gasteiger partial charge in [0.05, 0.1) is 6.54 Å². The minimum atomic E-state index is -1.23. The summed E-state index contributed by atoms with van der Waals surface area (Å²) in [6.07, 6.45) is 10.7. The van der Waals surface area contributed by atoms with E-state index in [9.17, 15) is 9.59 Å². The Morgan fingerprint density at radius 3 is 2.26 bits per heavy atom. The highest BCUT2D eigenvalue weighted by Crippen LogP contribution is 2.18. The molecule has 1 aromatic heterocycles. The maximum atomic E-state index is 12.4. The van der Waals surface area contributed by atoms with Crippen LogP contribution in [0.1, 0.15) is 90.0 Å². The highest BCUT2D eigenvalue weighted by Gasteiger charge is 2.22. The smallest absolute Gasteiger partial charge is 0.405 e. The van der Waals surface area contributed by atoms with Crippen LogP contribution in [0.25, 0.3) is 11.4 Å². The lowest BCUT2D eigenvalue weighted by Gasteiger charge is -2.17. The van der Waals surface area contributed by atoms with E-state index in [4.69, 9.17) is 9.63 Å². The summed E-state index contributed by atoms with van der Waals surface area (Å²) >= 11 is 0. The third-order valence-corrected chi connectivity index (χ3v) is 5.73. The first-order valence-electron chi connectivity index (χ1n) is 12.6. The third-order valence-electron chi connectivity index (χ3n) is 5.73. The predicted molar refractivity (Wildman–Crippen MR) is 132 cm³/mol. The van der Waals surface area contributed by atoms with Crippen molar-refractivity contribution in [1.29, 1.82) is 0 Å². The van der Waals surface area contributed by atoms with Gasteiger partial charge < -0.3 is 20.3 Å². The molecule has 188 valence electrons. The molecule has 2 aromatic rings. The molecule has 0 aliphatic rings. The molecule has 0 fully saturated rings. The van der Waals surface area contributed by atoms with E-state index in [0.717, 1.165) is 12.0 Å². The van der Waals surface area contributed by atoms with E-state index in [1.165, 1.54) is 56.9 Å². The number of rotatable bonds is 16. The third kappa shape index (κ3) is 10.4. The van der Waals surface area contributed by atoms with E-state index in [0.29, 0.717) is 12.2 Å². The van der Waals surface area contributed by atoms with Crippen LogP contribution in [0.5, 0.6) is 0 Å². The van der Waals surface area contributed by atoms with Crippen LogP contribution in [0.2, 0.25) is 0 Å². The molecule has 1 aromatic carbocycles. The van der Waals surface area contributed by atoms with Gasteiger partial charge in [-0.15, -0.1) is 0 Å². The Morgan fingerprint density at radius 1 is 1.00 bits per heavy atom. The Bertz CT molecular complexity index is 864. The number of carbonyl (C=O) groups excluding carboxylic acids is 1. The number of benzene rings is 1. The van der Waals surface area contributed by atoms with Gasteiger partial charge in [-0.1, -0.05) is 95.1 Å². The van der Waals surface area contributed by atoms with Gasteiger partial charge in [0.2, 0.25) is 17.6 Å². The van der Waals surface area contributed by atoms with Crippen LogP contribution in [-0.4, -0.2) is 33.3 Å². The topological polar surface area (TPSA) is 117 Å². The van der Waals surface area contributed by atoms with Crippen LogP contribution in [0.3, 0.4) is 0 Å². The SMILES string of the molecule is CCCCCCCCCCc1ccc(-c2noc(CNC(=O)[C@H](CC(C)C)NC(=O)O)n2)cc1. The Labute approximate surface area is 202 Å². The van der Waals surface area contributed by atoms with Gasteiger partial charge in [0.15, 0.2) is 0 Å². The number of nitrogens with zero attached hydrogens (tertiary/aromatic N) is 2. The second-order valence-corrected chi connectivity index (χ2v) is 9.28. The zero-order valence-corrected chi connectivity index (χ0v) is 20.8. The first-order valence-corrected chi connectivity index (χ1v) is 12.6. The largest absolute Gasteiger partial charge is 0.465 e. The molecule has 34 heavy (non-hydrogen) atoms. The van der Waals surface area contributed by atoms with Gasteiger partial charge in [0.1, 0.15) is 6.04 Å². The van der Waals surface area contributed by atoms with Crippen LogP contribution >= 0.6 is 0 Å². The summed E-state index contributed by atoms with van der Waals surface area (Å²) in [4.78, 5) is 27.7. The van der Waals surface area contributed by atoms with Crippen molar-refractivity contribution in [2.24, 2.45) is 5.92 Å². The number of hydrogen-bond donors (Lipinski definition) is 3. The quantitative estimate of drug-likeness (QED) is 0.269. The summed E-state index contributed by atoms with van der Waals surface area (Å²) in [5.74, 6) is 0.479. The fourth-order valence-electron chi connectivity index (χ4n) is 3.87. The molecule has 1 atom stereocenters. The van der Waals surface area contributed by atoms with Crippen molar-refractivity contribution < 1.29 is 19.2 Å². The lowest BCUT2D eigenvalue weighted by Crippen LogP contribution is -2.46. The molecule has 0 spiro atoms. The average Bonchev–Trinajstić information content (AvgIpc) is 3.27. The number of hydrogen-bond acceptors (Lipinski definition) is 5. The van der Waals surface area contributed by atoms with Crippen LogP contribution in [0, 0.1) is 5.92 Å². The number of unbranched alkanes of at least 4 members (excludes halogenated alkanes) is 7. The van der Waals surface area contributed by atoms with E-state index >= 15 is 0 Å². The fourth-order valence-corrected chi connectivity index (χ4v) is 3.87. The van der Waals surface area contributed by atoms with Crippen molar-refractivity contribution in [3.05, 3.63) is 35.7 Å². The van der Waals surface area contributed by atoms with Gasteiger partial charge in [-0.2, -0.15) is 4.98 Å². The van der Waals surface area contributed by atoms with Gasteiger partial charge in [-0.25, -0.2) is 4.79 Å². The number of aryl methyl sites for hydroxylation is 1. The standard InChI is InChI=1S/C26H40N4O4/c1-4-5-6-7-8-9-10-11-12-20-13-15-21(16-14-20)24-29-23(34-30-24)18-27-25(31)22(17-19(2)3)28-26(32)33/h13-16,19,22,28H,4-12,17-18H2,1-3H3,(H,27,31)(H,32,33)/t22-/m0/s1. The summed E-state index contributed by atoms with van der Waals surface area (Å²) in [5.41, 5.74) is 2.15. The maximum absolute atomic E-state index is 12.4. The first kappa shape index (κ1) is 27.3. The van der Waals surface area contributed by atoms with Crippen LogP contribution in [0.4, 0.5) is 4.79 Å². The van der Waals surface area contributed by atoms with Crippen LogP contribution < -0.4 is 10.6 Å². The molecule has 1 heterocycles. The number of carboxylic acid groups (broad SMARTS) is 1. The highest BCUT2D eigenvalue weighted by molar-refractivity contribution is 5.85. The molecule has 0 bridgehead atoms. The molecular weight excluding hydrogens is 432 g/mol. The second-order valence-electron chi connectivity index (χ2n) is 9.28. The monoisotopic (exact) mass is 472 g/mol. The van der Waals surface area contributed by atoms with Gasteiger partial charge in [0, 0.05) is 5.56 Å². The van der Waals surface area contributed by atoms with E-state index in [-0.39, 0.29) is 18.4 Å². The molecule has 8 nitrogen and oxygen atoms in total. The summed E-state index contributed by atoms with van der Waals surface area (Å²) in [6, 6.07) is 7.35. The molecule has 0 aliphatic heterocycles. The zero-order chi connectivity index (χ0) is 24.8. The molecule has 2 amide bonds. The normalized spacial score (nSPS) is 12.0. The van der Waals surface area contributed by atoms with E-state index in [1.807, 2.05) is 26.0 Å². The van der Waals surface area contributed by atoms with Crippen molar-refractivity contribution in [3.8, 4) is 11.4 Å². The molecule has 8 heteroatoms. The summed E-state index contributed by atoms with van der Waals surface area (Å²) in [6.45, 7) is 6.14. The van der Waals surface area contributed by atoms with Crippen molar-refractivity contribution in [2.45, 2.75) is 97.6 Å².